The molecule has 2 unspecified atom stereocenters. The van der Waals surface area contributed by atoms with Crippen molar-refractivity contribution in [1.29, 1.82) is 0 Å². The minimum absolute atomic E-state index is 0.0520. The number of ether oxygens (including phenoxy) is 1. The molecule has 5 nitrogen and oxygen atoms in total. The molecule has 3 rings (SSSR count). The van der Waals surface area contributed by atoms with Crippen LogP contribution in [0.4, 0.5) is 5.69 Å². The van der Waals surface area contributed by atoms with Gasteiger partial charge in [-0.3, -0.25) is 4.79 Å². The van der Waals surface area contributed by atoms with Crippen LogP contribution in [0.25, 0.3) is 0 Å². The first-order valence-corrected chi connectivity index (χ1v) is 6.70. The summed E-state index contributed by atoms with van der Waals surface area (Å²) in [7, 11) is 0. The van der Waals surface area contributed by atoms with Crippen molar-refractivity contribution in [2.24, 2.45) is 0 Å². The highest BCUT2D eigenvalue weighted by atomic mass is 16.5. The zero-order valence-electron chi connectivity index (χ0n) is 10.6. The fraction of sp³-hybridized carbons (Fsp3) is 0.692. The zero-order chi connectivity index (χ0) is 12.5. The first-order chi connectivity index (χ1) is 8.70. The molecule has 0 amide bonds. The van der Waals surface area contributed by atoms with Crippen molar-refractivity contribution in [2.45, 2.75) is 57.4 Å². The van der Waals surface area contributed by atoms with Crippen molar-refractivity contribution in [2.75, 3.05) is 5.32 Å². The molecule has 1 aliphatic carbocycles. The number of anilines is 1. The average molecular weight is 249 g/mol. The predicted molar refractivity (Wildman–Crippen MR) is 68.7 cm³/mol. The van der Waals surface area contributed by atoms with Gasteiger partial charge in [-0.1, -0.05) is 0 Å². The number of nitrogens with one attached hydrogen (secondary N) is 1. The Labute approximate surface area is 106 Å². The van der Waals surface area contributed by atoms with E-state index in [1.807, 2.05) is 0 Å². The standard InChI is InChI=1S/C13H19N3O2/c1-9-2-5-12(18-9)8-16-13(17)6-11(7-14-16)15-10-3-4-10/h6-7,9-10,12,15H,2-5,8H2,1H3. The van der Waals surface area contributed by atoms with Gasteiger partial charge in [-0.2, -0.15) is 5.10 Å². The SMILES string of the molecule is CC1CCC(Cn2ncc(NC3CC3)cc2=O)O1. The molecule has 1 aromatic heterocycles. The molecule has 2 fully saturated rings. The molecule has 5 heteroatoms. The monoisotopic (exact) mass is 249 g/mol. The van der Waals surface area contributed by atoms with Crippen LogP contribution in [0.3, 0.4) is 0 Å². The molecule has 0 radical (unpaired) electrons. The zero-order valence-corrected chi connectivity index (χ0v) is 10.6. The molecule has 1 aliphatic heterocycles. The van der Waals surface area contributed by atoms with E-state index in [-0.39, 0.29) is 11.7 Å². The molecule has 1 N–H and O–H groups in total. The van der Waals surface area contributed by atoms with Crippen LogP contribution in [-0.4, -0.2) is 28.0 Å². The first kappa shape index (κ1) is 11.7. The minimum atomic E-state index is -0.0520. The number of hydrogen-bond donors (Lipinski definition) is 1. The summed E-state index contributed by atoms with van der Waals surface area (Å²) in [5.74, 6) is 0. The Balaban J connectivity index is 1.66. The Hall–Kier alpha value is -1.36. The maximum Gasteiger partial charge on any atom is 0.268 e. The maximum atomic E-state index is 11.9. The van der Waals surface area contributed by atoms with Gasteiger partial charge in [-0.15, -0.1) is 0 Å². The highest BCUT2D eigenvalue weighted by molar-refractivity contribution is 5.41. The molecule has 0 bridgehead atoms. The molecular formula is C13H19N3O2. The highest BCUT2D eigenvalue weighted by Gasteiger charge is 2.23. The van der Waals surface area contributed by atoms with Crippen molar-refractivity contribution in [3.05, 3.63) is 22.6 Å². The lowest BCUT2D eigenvalue weighted by molar-refractivity contribution is 0.0428. The van der Waals surface area contributed by atoms with E-state index in [9.17, 15) is 4.79 Å². The lowest BCUT2D eigenvalue weighted by Crippen LogP contribution is -2.28. The van der Waals surface area contributed by atoms with E-state index in [2.05, 4.69) is 17.3 Å². The van der Waals surface area contributed by atoms with Crippen LogP contribution >= 0.6 is 0 Å². The van der Waals surface area contributed by atoms with Crippen molar-refractivity contribution in [1.82, 2.24) is 9.78 Å². The van der Waals surface area contributed by atoms with Gasteiger partial charge in [0.25, 0.3) is 5.56 Å². The molecule has 98 valence electrons. The average Bonchev–Trinajstić information content (AvgIpc) is 3.05. The maximum absolute atomic E-state index is 11.9. The normalized spacial score (nSPS) is 27.4. The predicted octanol–water partition coefficient (Wildman–Crippen LogP) is 1.39. The van der Waals surface area contributed by atoms with Crippen molar-refractivity contribution in [3.8, 4) is 0 Å². The topological polar surface area (TPSA) is 56.2 Å². The molecule has 1 aromatic rings. The van der Waals surface area contributed by atoms with Gasteiger partial charge >= 0.3 is 0 Å². The summed E-state index contributed by atoms with van der Waals surface area (Å²) in [5.41, 5.74) is 0.781. The van der Waals surface area contributed by atoms with Crippen LogP contribution in [0.15, 0.2) is 17.1 Å². The van der Waals surface area contributed by atoms with Gasteiger partial charge in [0.05, 0.1) is 30.6 Å². The summed E-state index contributed by atoms with van der Waals surface area (Å²) in [6, 6.07) is 2.17. The van der Waals surface area contributed by atoms with Gasteiger partial charge in [0, 0.05) is 12.1 Å². The van der Waals surface area contributed by atoms with E-state index in [0.717, 1.165) is 18.5 Å². The third-order valence-electron chi connectivity index (χ3n) is 3.51. The summed E-state index contributed by atoms with van der Waals surface area (Å²) in [6.45, 7) is 2.63. The molecule has 0 spiro atoms. The summed E-state index contributed by atoms with van der Waals surface area (Å²) < 4.78 is 7.21. The molecule has 0 aromatic carbocycles. The first-order valence-electron chi connectivity index (χ1n) is 6.70. The Morgan fingerprint density at radius 2 is 2.28 bits per heavy atom. The van der Waals surface area contributed by atoms with Gasteiger partial charge < -0.3 is 10.1 Å². The van der Waals surface area contributed by atoms with E-state index < -0.39 is 0 Å². The van der Waals surface area contributed by atoms with Crippen LogP contribution in [0, 0.1) is 0 Å². The molecule has 1 saturated heterocycles. The molecule has 1 saturated carbocycles. The molecule has 2 heterocycles. The summed E-state index contributed by atoms with van der Waals surface area (Å²) >= 11 is 0. The second-order valence-corrected chi connectivity index (χ2v) is 5.33. The summed E-state index contributed by atoms with van der Waals surface area (Å²) in [5, 5.41) is 7.49. The third-order valence-corrected chi connectivity index (χ3v) is 3.51. The van der Waals surface area contributed by atoms with Crippen molar-refractivity contribution >= 4 is 5.69 Å². The molecule has 2 aliphatic rings. The van der Waals surface area contributed by atoms with Crippen LogP contribution in [0.1, 0.15) is 32.6 Å². The summed E-state index contributed by atoms with van der Waals surface area (Å²) in [4.78, 5) is 11.9. The van der Waals surface area contributed by atoms with Gasteiger partial charge in [0.15, 0.2) is 0 Å². The van der Waals surface area contributed by atoms with E-state index in [1.54, 1.807) is 12.3 Å². The fourth-order valence-electron chi connectivity index (χ4n) is 2.33. The van der Waals surface area contributed by atoms with Crippen LogP contribution in [0.2, 0.25) is 0 Å². The van der Waals surface area contributed by atoms with Gasteiger partial charge in [0.1, 0.15) is 0 Å². The van der Waals surface area contributed by atoms with E-state index in [4.69, 9.17) is 4.74 Å². The number of hydrogen-bond acceptors (Lipinski definition) is 4. The quantitative estimate of drug-likeness (QED) is 0.876. The second kappa shape index (κ2) is 4.72. The Bertz CT molecular complexity index is 481. The van der Waals surface area contributed by atoms with Gasteiger partial charge in [-0.05, 0) is 32.6 Å². The van der Waals surface area contributed by atoms with Gasteiger partial charge in [-0.25, -0.2) is 4.68 Å². The molecule has 18 heavy (non-hydrogen) atoms. The lowest BCUT2D eigenvalue weighted by Gasteiger charge is -2.12. The number of aromatic nitrogens is 2. The smallest absolute Gasteiger partial charge is 0.268 e. The van der Waals surface area contributed by atoms with E-state index in [0.29, 0.717) is 18.7 Å². The molecule has 2 atom stereocenters. The van der Waals surface area contributed by atoms with Crippen molar-refractivity contribution < 1.29 is 4.74 Å². The minimum Gasteiger partial charge on any atom is -0.381 e. The van der Waals surface area contributed by atoms with Crippen LogP contribution in [-0.2, 0) is 11.3 Å². The molecular weight excluding hydrogens is 230 g/mol. The highest BCUT2D eigenvalue weighted by Crippen LogP contribution is 2.23. The number of nitrogens with zero attached hydrogens (tertiary/aromatic N) is 2. The largest absolute Gasteiger partial charge is 0.381 e. The Kier molecular flexibility index (Phi) is 3.07. The Morgan fingerprint density at radius 3 is 2.89 bits per heavy atom. The second-order valence-electron chi connectivity index (χ2n) is 5.33. The lowest BCUT2D eigenvalue weighted by atomic mass is 10.2. The van der Waals surface area contributed by atoms with Crippen molar-refractivity contribution in [3.63, 3.8) is 0 Å². The van der Waals surface area contributed by atoms with E-state index in [1.165, 1.54) is 17.5 Å². The Morgan fingerprint density at radius 1 is 1.44 bits per heavy atom. The third kappa shape index (κ3) is 2.72. The van der Waals surface area contributed by atoms with Gasteiger partial charge in [0.2, 0.25) is 0 Å². The number of rotatable bonds is 4. The van der Waals surface area contributed by atoms with Crippen LogP contribution in [0.5, 0.6) is 0 Å². The summed E-state index contributed by atoms with van der Waals surface area (Å²) in [6.07, 6.45) is 6.64. The fourth-order valence-corrected chi connectivity index (χ4v) is 2.33. The van der Waals surface area contributed by atoms with E-state index >= 15 is 0 Å². The van der Waals surface area contributed by atoms with Crippen LogP contribution < -0.4 is 10.9 Å².